The molecular weight excluding hydrogens is 246 g/mol. The number of piperidine rings is 1. The number of likely N-dealkylation sites (tertiary alicyclic amines) is 1. The second-order valence-electron chi connectivity index (χ2n) is 5.16. The summed E-state index contributed by atoms with van der Waals surface area (Å²) in [7, 11) is 0. The molecular formula is C15H20ClNO. The minimum Gasteiger partial charge on any atom is -0.342 e. The number of nitrogens with zero attached hydrogens (tertiary/aromatic N) is 1. The van der Waals surface area contributed by atoms with Crippen LogP contribution < -0.4 is 0 Å². The van der Waals surface area contributed by atoms with Gasteiger partial charge in [-0.2, -0.15) is 0 Å². The Kier molecular flexibility index (Phi) is 4.28. The van der Waals surface area contributed by atoms with E-state index < -0.39 is 0 Å². The van der Waals surface area contributed by atoms with E-state index >= 15 is 0 Å². The van der Waals surface area contributed by atoms with Gasteiger partial charge in [-0.05, 0) is 37.8 Å². The Morgan fingerprint density at radius 3 is 2.67 bits per heavy atom. The van der Waals surface area contributed by atoms with E-state index in [1.807, 2.05) is 4.90 Å². The monoisotopic (exact) mass is 265 g/mol. The highest BCUT2D eigenvalue weighted by Gasteiger charge is 2.21. The van der Waals surface area contributed by atoms with Gasteiger partial charge in [0.05, 0.1) is 6.42 Å². The molecule has 0 unspecified atom stereocenters. The van der Waals surface area contributed by atoms with E-state index in [-0.39, 0.29) is 11.3 Å². The summed E-state index contributed by atoms with van der Waals surface area (Å²) in [5.74, 6) is 0.229. The van der Waals surface area contributed by atoms with Crippen molar-refractivity contribution in [1.29, 1.82) is 0 Å². The van der Waals surface area contributed by atoms with E-state index in [1.165, 1.54) is 11.1 Å². The van der Waals surface area contributed by atoms with Gasteiger partial charge < -0.3 is 4.90 Å². The van der Waals surface area contributed by atoms with Gasteiger partial charge in [-0.1, -0.05) is 23.8 Å². The van der Waals surface area contributed by atoms with Crippen LogP contribution in [0.1, 0.15) is 29.5 Å². The minimum absolute atomic E-state index is 0.229. The molecule has 0 aromatic heterocycles. The van der Waals surface area contributed by atoms with Crippen LogP contribution >= 0.6 is 11.6 Å². The van der Waals surface area contributed by atoms with Crippen molar-refractivity contribution in [2.24, 2.45) is 0 Å². The molecule has 98 valence electrons. The van der Waals surface area contributed by atoms with Crippen LogP contribution in [0.15, 0.2) is 18.2 Å². The summed E-state index contributed by atoms with van der Waals surface area (Å²) in [5.41, 5.74) is 3.55. The molecule has 1 aromatic rings. The number of amides is 1. The van der Waals surface area contributed by atoms with Crippen LogP contribution in [0.2, 0.25) is 0 Å². The molecule has 3 heteroatoms. The van der Waals surface area contributed by atoms with E-state index in [0.717, 1.165) is 31.5 Å². The summed E-state index contributed by atoms with van der Waals surface area (Å²) in [4.78, 5) is 14.2. The molecule has 1 fully saturated rings. The number of halogens is 1. The summed E-state index contributed by atoms with van der Waals surface area (Å²) in [6.07, 6.45) is 2.35. The van der Waals surface area contributed by atoms with Crippen LogP contribution in [0.25, 0.3) is 0 Å². The number of carbonyl (C=O) groups excluding carboxylic acids is 1. The fraction of sp³-hybridized carbons (Fsp3) is 0.533. The molecule has 0 spiro atoms. The quantitative estimate of drug-likeness (QED) is 0.753. The highest BCUT2D eigenvalue weighted by atomic mass is 35.5. The van der Waals surface area contributed by atoms with Gasteiger partial charge in [0.15, 0.2) is 0 Å². The van der Waals surface area contributed by atoms with Gasteiger partial charge in [0, 0.05) is 18.5 Å². The zero-order chi connectivity index (χ0) is 13.1. The van der Waals surface area contributed by atoms with E-state index in [2.05, 4.69) is 32.0 Å². The molecule has 1 amide bonds. The number of benzene rings is 1. The van der Waals surface area contributed by atoms with Gasteiger partial charge >= 0.3 is 0 Å². The third kappa shape index (κ3) is 3.26. The summed E-state index contributed by atoms with van der Waals surface area (Å²) >= 11 is 6.05. The van der Waals surface area contributed by atoms with E-state index in [9.17, 15) is 4.79 Å². The van der Waals surface area contributed by atoms with Crippen LogP contribution in [0, 0.1) is 13.8 Å². The first-order chi connectivity index (χ1) is 8.56. The molecule has 1 aromatic carbocycles. The van der Waals surface area contributed by atoms with Crippen molar-refractivity contribution in [2.75, 3.05) is 13.1 Å². The number of aryl methyl sites for hydroxylation is 2. The molecule has 1 aliphatic rings. The molecule has 0 bridgehead atoms. The third-order valence-electron chi connectivity index (χ3n) is 3.62. The Morgan fingerprint density at radius 1 is 1.33 bits per heavy atom. The van der Waals surface area contributed by atoms with Crippen LogP contribution in [0.3, 0.4) is 0 Å². The molecule has 2 nitrogen and oxygen atoms in total. The standard InChI is InChI=1S/C15H20ClNO/c1-11-3-4-12(2)13(9-11)10-15(18)17-7-5-14(16)6-8-17/h3-4,9,14H,5-8,10H2,1-2H3. The first kappa shape index (κ1) is 13.4. The summed E-state index contributed by atoms with van der Waals surface area (Å²) in [6, 6.07) is 6.28. The van der Waals surface area contributed by atoms with Crippen molar-refractivity contribution in [2.45, 2.75) is 38.5 Å². The Morgan fingerprint density at radius 2 is 2.00 bits per heavy atom. The maximum atomic E-state index is 12.2. The molecule has 0 radical (unpaired) electrons. The van der Waals surface area contributed by atoms with Crippen molar-refractivity contribution in [3.63, 3.8) is 0 Å². The van der Waals surface area contributed by atoms with Crippen molar-refractivity contribution in [1.82, 2.24) is 4.90 Å². The number of alkyl halides is 1. The van der Waals surface area contributed by atoms with Gasteiger partial charge in [0.25, 0.3) is 0 Å². The number of hydrogen-bond acceptors (Lipinski definition) is 1. The second-order valence-corrected chi connectivity index (χ2v) is 5.78. The molecule has 0 aliphatic carbocycles. The molecule has 0 saturated carbocycles. The largest absolute Gasteiger partial charge is 0.342 e. The fourth-order valence-corrected chi connectivity index (χ4v) is 2.56. The predicted octanol–water partition coefficient (Wildman–Crippen LogP) is 3.08. The summed E-state index contributed by atoms with van der Waals surface area (Å²) < 4.78 is 0. The highest BCUT2D eigenvalue weighted by molar-refractivity contribution is 6.20. The Hall–Kier alpha value is -1.02. The van der Waals surface area contributed by atoms with Gasteiger partial charge in [-0.15, -0.1) is 11.6 Å². The average Bonchev–Trinajstić information content (AvgIpc) is 2.34. The number of rotatable bonds is 2. The lowest BCUT2D eigenvalue weighted by molar-refractivity contribution is -0.131. The Labute approximate surface area is 114 Å². The molecule has 0 atom stereocenters. The van der Waals surface area contributed by atoms with E-state index in [0.29, 0.717) is 6.42 Å². The molecule has 1 aliphatic heterocycles. The average molecular weight is 266 g/mol. The van der Waals surface area contributed by atoms with Gasteiger partial charge in [0.2, 0.25) is 5.91 Å². The van der Waals surface area contributed by atoms with Crippen LogP contribution in [-0.2, 0) is 11.2 Å². The summed E-state index contributed by atoms with van der Waals surface area (Å²) in [5, 5.41) is 0.245. The molecule has 0 N–H and O–H groups in total. The van der Waals surface area contributed by atoms with Crippen molar-refractivity contribution in [3.05, 3.63) is 34.9 Å². The van der Waals surface area contributed by atoms with Crippen LogP contribution in [0.4, 0.5) is 0 Å². The summed E-state index contributed by atoms with van der Waals surface area (Å²) in [6.45, 7) is 5.73. The SMILES string of the molecule is Cc1ccc(C)c(CC(=O)N2CCC(Cl)CC2)c1. The highest BCUT2D eigenvalue weighted by Crippen LogP contribution is 2.18. The molecule has 2 rings (SSSR count). The van der Waals surface area contributed by atoms with Crippen molar-refractivity contribution >= 4 is 17.5 Å². The normalized spacial score (nSPS) is 16.9. The lowest BCUT2D eigenvalue weighted by Crippen LogP contribution is -2.39. The topological polar surface area (TPSA) is 20.3 Å². The van der Waals surface area contributed by atoms with Crippen LogP contribution in [-0.4, -0.2) is 29.3 Å². The van der Waals surface area contributed by atoms with E-state index in [4.69, 9.17) is 11.6 Å². The predicted molar refractivity (Wildman–Crippen MR) is 75.1 cm³/mol. The Bertz CT molecular complexity index is 436. The minimum atomic E-state index is 0.229. The molecule has 1 heterocycles. The van der Waals surface area contributed by atoms with Gasteiger partial charge in [0.1, 0.15) is 0 Å². The van der Waals surface area contributed by atoms with Gasteiger partial charge in [-0.25, -0.2) is 0 Å². The molecule has 1 saturated heterocycles. The zero-order valence-corrected chi connectivity index (χ0v) is 11.8. The lowest BCUT2D eigenvalue weighted by Gasteiger charge is -2.29. The number of hydrogen-bond donors (Lipinski definition) is 0. The fourth-order valence-electron chi connectivity index (χ4n) is 2.36. The second kappa shape index (κ2) is 5.75. The number of carbonyl (C=O) groups is 1. The van der Waals surface area contributed by atoms with Gasteiger partial charge in [-0.3, -0.25) is 4.79 Å². The van der Waals surface area contributed by atoms with Crippen LogP contribution in [0.5, 0.6) is 0 Å². The molecule has 18 heavy (non-hydrogen) atoms. The first-order valence-corrected chi connectivity index (χ1v) is 6.98. The van der Waals surface area contributed by atoms with Crippen molar-refractivity contribution < 1.29 is 4.79 Å². The zero-order valence-electron chi connectivity index (χ0n) is 11.1. The lowest BCUT2D eigenvalue weighted by atomic mass is 10.0. The smallest absolute Gasteiger partial charge is 0.227 e. The maximum Gasteiger partial charge on any atom is 0.227 e. The third-order valence-corrected chi connectivity index (χ3v) is 4.06. The maximum absolute atomic E-state index is 12.2. The van der Waals surface area contributed by atoms with Crippen molar-refractivity contribution in [3.8, 4) is 0 Å². The first-order valence-electron chi connectivity index (χ1n) is 6.54. The van der Waals surface area contributed by atoms with E-state index in [1.54, 1.807) is 0 Å². The Balaban J connectivity index is 2.00.